The number of carbonyl (C=O) groups is 1. The average Bonchev–Trinajstić information content (AvgIpc) is 2.77. The van der Waals surface area contributed by atoms with Gasteiger partial charge < -0.3 is 24.3 Å². The van der Waals surface area contributed by atoms with E-state index in [2.05, 4.69) is 11.4 Å². The molecule has 1 amide bonds. The van der Waals surface area contributed by atoms with Crippen LogP contribution in [-0.2, 0) is 10.2 Å². The monoisotopic (exact) mass is 385 g/mol. The third-order valence-corrected chi connectivity index (χ3v) is 5.37. The predicted molar refractivity (Wildman–Crippen MR) is 107 cm³/mol. The number of hydrogen-bond donors (Lipinski definition) is 1. The van der Waals surface area contributed by atoms with Crippen LogP contribution in [0.3, 0.4) is 0 Å². The fraction of sp³-hybridized carbons (Fsp3) is 0.409. The van der Waals surface area contributed by atoms with Gasteiger partial charge in [-0.1, -0.05) is 24.3 Å². The molecule has 150 valence electrons. The van der Waals surface area contributed by atoms with E-state index in [1.165, 1.54) is 0 Å². The highest BCUT2D eigenvalue weighted by Crippen LogP contribution is 2.39. The fourth-order valence-electron chi connectivity index (χ4n) is 3.80. The minimum atomic E-state index is -0.254. The van der Waals surface area contributed by atoms with Crippen molar-refractivity contribution in [2.75, 3.05) is 41.1 Å². The number of para-hydroxylation sites is 1. The van der Waals surface area contributed by atoms with Crippen molar-refractivity contribution in [1.29, 1.82) is 0 Å². The summed E-state index contributed by atoms with van der Waals surface area (Å²) in [6.45, 7) is 1.76. The molecule has 0 bridgehead atoms. The second kappa shape index (κ2) is 8.97. The molecule has 0 radical (unpaired) electrons. The van der Waals surface area contributed by atoms with Crippen molar-refractivity contribution in [3.63, 3.8) is 0 Å². The summed E-state index contributed by atoms with van der Waals surface area (Å²) in [6.07, 6.45) is 1.60. The number of carbonyl (C=O) groups excluding carboxylic acids is 1. The number of nitrogens with one attached hydrogen (secondary N) is 1. The van der Waals surface area contributed by atoms with E-state index in [1.54, 1.807) is 39.5 Å². The summed E-state index contributed by atoms with van der Waals surface area (Å²) in [5.41, 5.74) is 1.23. The molecule has 0 unspecified atom stereocenters. The number of hydrogen-bond acceptors (Lipinski definition) is 5. The van der Waals surface area contributed by atoms with Crippen molar-refractivity contribution in [2.45, 2.75) is 18.3 Å². The van der Waals surface area contributed by atoms with Gasteiger partial charge in [-0.25, -0.2) is 0 Å². The Labute approximate surface area is 165 Å². The van der Waals surface area contributed by atoms with Gasteiger partial charge in [0, 0.05) is 30.7 Å². The van der Waals surface area contributed by atoms with E-state index in [-0.39, 0.29) is 11.3 Å². The third kappa shape index (κ3) is 3.92. The lowest BCUT2D eigenvalue weighted by atomic mass is 9.73. The molecule has 0 atom stereocenters. The molecule has 0 saturated carbocycles. The molecular formula is C22H27NO5. The molecule has 1 fully saturated rings. The first-order valence-electron chi connectivity index (χ1n) is 9.35. The maximum Gasteiger partial charge on any atom is 0.258 e. The van der Waals surface area contributed by atoms with Crippen molar-refractivity contribution >= 4 is 5.91 Å². The molecule has 6 nitrogen and oxygen atoms in total. The van der Waals surface area contributed by atoms with Crippen LogP contribution in [0.4, 0.5) is 0 Å². The summed E-state index contributed by atoms with van der Waals surface area (Å²) in [5, 5.41) is 3.10. The molecule has 0 aliphatic carbocycles. The quantitative estimate of drug-likeness (QED) is 0.793. The molecule has 0 spiro atoms. The Morgan fingerprint density at radius 1 is 0.929 bits per heavy atom. The highest BCUT2D eigenvalue weighted by molar-refractivity contribution is 5.99. The Hall–Kier alpha value is -2.73. The summed E-state index contributed by atoms with van der Waals surface area (Å²) in [4.78, 5) is 13.0. The first-order valence-corrected chi connectivity index (χ1v) is 9.35. The van der Waals surface area contributed by atoms with Crippen LogP contribution < -0.4 is 19.5 Å². The summed E-state index contributed by atoms with van der Waals surface area (Å²) < 4.78 is 21.9. The van der Waals surface area contributed by atoms with E-state index < -0.39 is 0 Å². The van der Waals surface area contributed by atoms with E-state index in [1.807, 2.05) is 18.2 Å². The van der Waals surface area contributed by atoms with Crippen LogP contribution in [-0.4, -0.2) is 47.0 Å². The number of benzene rings is 2. The Balaban J connectivity index is 1.89. The topological polar surface area (TPSA) is 66.0 Å². The Kier molecular flexibility index (Phi) is 6.41. The van der Waals surface area contributed by atoms with Crippen LogP contribution in [0.25, 0.3) is 0 Å². The molecule has 6 heteroatoms. The van der Waals surface area contributed by atoms with E-state index in [9.17, 15) is 4.79 Å². The molecule has 1 aliphatic rings. The molecule has 3 rings (SSSR count). The summed E-state index contributed by atoms with van der Waals surface area (Å²) in [6, 6.07) is 13.3. The van der Waals surface area contributed by atoms with Crippen LogP contribution in [0.2, 0.25) is 0 Å². The Morgan fingerprint density at radius 3 is 2.11 bits per heavy atom. The zero-order valence-electron chi connectivity index (χ0n) is 16.6. The molecule has 2 aromatic rings. The minimum absolute atomic E-state index is 0.227. The maximum atomic E-state index is 13.0. The highest BCUT2D eigenvalue weighted by Gasteiger charge is 2.37. The number of amides is 1. The van der Waals surface area contributed by atoms with Crippen molar-refractivity contribution in [1.82, 2.24) is 5.32 Å². The second-order valence-corrected chi connectivity index (χ2v) is 6.81. The molecule has 2 aromatic carbocycles. The van der Waals surface area contributed by atoms with E-state index in [4.69, 9.17) is 18.9 Å². The van der Waals surface area contributed by atoms with E-state index in [0.717, 1.165) is 24.2 Å². The minimum Gasteiger partial charge on any atom is -0.496 e. The van der Waals surface area contributed by atoms with Crippen LogP contribution in [0, 0.1) is 0 Å². The lowest BCUT2D eigenvalue weighted by Gasteiger charge is -2.38. The van der Waals surface area contributed by atoms with Crippen LogP contribution in [0.1, 0.15) is 28.8 Å². The molecule has 1 N–H and O–H groups in total. The van der Waals surface area contributed by atoms with Crippen molar-refractivity contribution in [3.8, 4) is 17.2 Å². The number of methoxy groups -OCH3 is 3. The first kappa shape index (κ1) is 20.0. The molecular weight excluding hydrogens is 358 g/mol. The van der Waals surface area contributed by atoms with Gasteiger partial charge in [0.15, 0.2) is 0 Å². The van der Waals surface area contributed by atoms with Gasteiger partial charge >= 0.3 is 0 Å². The Bertz CT molecular complexity index is 792. The SMILES string of the molecule is COc1ccccc1C1(CNC(=O)c2c(OC)cccc2OC)CCOCC1. The smallest absolute Gasteiger partial charge is 0.258 e. The van der Waals surface area contributed by atoms with E-state index in [0.29, 0.717) is 36.8 Å². The molecule has 0 aromatic heterocycles. The van der Waals surface area contributed by atoms with Gasteiger partial charge in [-0.15, -0.1) is 0 Å². The van der Waals surface area contributed by atoms with E-state index >= 15 is 0 Å². The zero-order chi connectivity index (χ0) is 20.0. The van der Waals surface area contributed by atoms with Gasteiger partial charge in [0.2, 0.25) is 0 Å². The fourth-order valence-corrected chi connectivity index (χ4v) is 3.80. The average molecular weight is 385 g/mol. The summed E-state index contributed by atoms with van der Waals surface area (Å²) in [5.74, 6) is 1.56. The predicted octanol–water partition coefficient (Wildman–Crippen LogP) is 3.19. The van der Waals surface area contributed by atoms with Gasteiger partial charge in [0.25, 0.3) is 5.91 Å². The number of rotatable bonds is 7. The van der Waals surface area contributed by atoms with Gasteiger partial charge in [-0.3, -0.25) is 4.79 Å². The summed E-state index contributed by atoms with van der Waals surface area (Å²) >= 11 is 0. The summed E-state index contributed by atoms with van der Waals surface area (Å²) in [7, 11) is 4.75. The lowest BCUT2D eigenvalue weighted by molar-refractivity contribution is 0.0478. The maximum absolute atomic E-state index is 13.0. The van der Waals surface area contributed by atoms with Crippen molar-refractivity contribution in [2.24, 2.45) is 0 Å². The largest absolute Gasteiger partial charge is 0.496 e. The van der Waals surface area contributed by atoms with Gasteiger partial charge in [-0.05, 0) is 31.0 Å². The normalized spacial score (nSPS) is 15.5. The standard InChI is InChI=1S/C22H27NO5/c1-25-17-8-5-4-7-16(17)22(11-13-28-14-12-22)15-23-21(24)20-18(26-2)9-6-10-19(20)27-3/h4-10H,11-15H2,1-3H3,(H,23,24). The first-order chi connectivity index (χ1) is 13.6. The van der Waals surface area contributed by atoms with Crippen molar-refractivity contribution < 1.29 is 23.7 Å². The number of ether oxygens (including phenoxy) is 4. The van der Waals surface area contributed by atoms with Crippen LogP contribution in [0.5, 0.6) is 17.2 Å². The van der Waals surface area contributed by atoms with Crippen LogP contribution >= 0.6 is 0 Å². The second-order valence-electron chi connectivity index (χ2n) is 6.81. The van der Waals surface area contributed by atoms with Gasteiger partial charge in [-0.2, -0.15) is 0 Å². The molecule has 1 saturated heterocycles. The Morgan fingerprint density at radius 2 is 1.50 bits per heavy atom. The van der Waals surface area contributed by atoms with Gasteiger partial charge in [0.05, 0.1) is 21.3 Å². The lowest BCUT2D eigenvalue weighted by Crippen LogP contribution is -2.45. The molecule has 1 heterocycles. The highest BCUT2D eigenvalue weighted by atomic mass is 16.5. The van der Waals surface area contributed by atoms with Crippen LogP contribution in [0.15, 0.2) is 42.5 Å². The molecule has 1 aliphatic heterocycles. The third-order valence-electron chi connectivity index (χ3n) is 5.37. The van der Waals surface area contributed by atoms with Crippen molar-refractivity contribution in [3.05, 3.63) is 53.6 Å². The molecule has 28 heavy (non-hydrogen) atoms. The van der Waals surface area contributed by atoms with Gasteiger partial charge in [0.1, 0.15) is 22.8 Å². The zero-order valence-corrected chi connectivity index (χ0v) is 16.6.